The van der Waals surface area contributed by atoms with Gasteiger partial charge in [-0.25, -0.2) is 4.39 Å². The van der Waals surface area contributed by atoms with E-state index in [1.165, 1.54) is 37.7 Å². The van der Waals surface area contributed by atoms with Crippen LogP contribution in [0.1, 0.15) is 57.4 Å². The van der Waals surface area contributed by atoms with Crippen LogP contribution in [0.3, 0.4) is 0 Å². The molecule has 0 bridgehead atoms. The highest BCUT2D eigenvalue weighted by Gasteiger charge is 2.45. The molecule has 1 aliphatic heterocycles. The molecule has 20 heavy (non-hydrogen) atoms. The first-order valence-electron chi connectivity index (χ1n) is 7.97. The third-order valence-corrected chi connectivity index (χ3v) is 5.74. The van der Waals surface area contributed by atoms with Gasteiger partial charge in [-0.05, 0) is 67.2 Å². The second-order valence-corrected chi connectivity index (χ2v) is 7.59. The van der Waals surface area contributed by atoms with Gasteiger partial charge in [0.15, 0.2) is 0 Å². The maximum atomic E-state index is 13.6. The molecule has 1 aromatic rings. The molecule has 1 heterocycles. The molecule has 1 saturated carbocycles. The highest BCUT2D eigenvalue weighted by atomic mass is 19.1. The van der Waals surface area contributed by atoms with E-state index in [1.807, 2.05) is 6.07 Å². The van der Waals surface area contributed by atoms with Crippen molar-refractivity contribution in [3.63, 3.8) is 0 Å². The monoisotopic (exact) mass is 275 g/mol. The molecule has 110 valence electrons. The van der Waals surface area contributed by atoms with Gasteiger partial charge in [-0.1, -0.05) is 26.0 Å². The summed E-state index contributed by atoms with van der Waals surface area (Å²) in [7, 11) is 0. The SMILES string of the molecule is CC1(C)CCC2(CCNCC2c2cccc(F)c2)CC1. The molecule has 1 atom stereocenters. The topological polar surface area (TPSA) is 12.0 Å². The Morgan fingerprint density at radius 1 is 1.10 bits per heavy atom. The molecular formula is C18H26FN. The predicted molar refractivity (Wildman–Crippen MR) is 81.3 cm³/mol. The minimum absolute atomic E-state index is 0.0978. The number of hydrogen-bond donors (Lipinski definition) is 1. The Kier molecular flexibility index (Phi) is 3.62. The average molecular weight is 275 g/mol. The van der Waals surface area contributed by atoms with E-state index in [2.05, 4.69) is 25.2 Å². The second kappa shape index (κ2) is 5.14. The van der Waals surface area contributed by atoms with Crippen molar-refractivity contribution in [2.24, 2.45) is 10.8 Å². The number of piperidine rings is 1. The third-order valence-electron chi connectivity index (χ3n) is 5.74. The highest BCUT2D eigenvalue weighted by molar-refractivity contribution is 5.25. The van der Waals surface area contributed by atoms with Gasteiger partial charge in [0, 0.05) is 12.5 Å². The molecule has 2 heteroatoms. The van der Waals surface area contributed by atoms with Crippen LogP contribution in [-0.4, -0.2) is 13.1 Å². The number of nitrogens with one attached hydrogen (secondary N) is 1. The summed E-state index contributed by atoms with van der Waals surface area (Å²) in [6.07, 6.45) is 6.44. The van der Waals surface area contributed by atoms with E-state index in [4.69, 9.17) is 0 Å². The van der Waals surface area contributed by atoms with Crippen molar-refractivity contribution in [1.29, 1.82) is 0 Å². The van der Waals surface area contributed by atoms with E-state index in [9.17, 15) is 4.39 Å². The van der Waals surface area contributed by atoms with Crippen LogP contribution in [0.25, 0.3) is 0 Å². The number of hydrogen-bond acceptors (Lipinski definition) is 1. The van der Waals surface area contributed by atoms with Gasteiger partial charge in [-0.15, -0.1) is 0 Å². The van der Waals surface area contributed by atoms with Crippen LogP contribution in [0.2, 0.25) is 0 Å². The number of benzene rings is 1. The van der Waals surface area contributed by atoms with Crippen molar-refractivity contribution in [3.05, 3.63) is 35.6 Å². The zero-order valence-electron chi connectivity index (χ0n) is 12.7. The maximum Gasteiger partial charge on any atom is 0.123 e. The first-order chi connectivity index (χ1) is 9.51. The summed E-state index contributed by atoms with van der Waals surface area (Å²) in [5.74, 6) is 0.377. The van der Waals surface area contributed by atoms with Crippen molar-refractivity contribution in [2.75, 3.05) is 13.1 Å². The predicted octanol–water partition coefficient (Wildman–Crippen LogP) is 4.49. The molecular weight excluding hydrogens is 249 g/mol. The summed E-state index contributed by atoms with van der Waals surface area (Å²) in [6, 6.07) is 7.28. The first-order valence-corrected chi connectivity index (χ1v) is 7.97. The van der Waals surface area contributed by atoms with Gasteiger partial charge in [-0.3, -0.25) is 0 Å². The van der Waals surface area contributed by atoms with Crippen LogP contribution in [-0.2, 0) is 0 Å². The van der Waals surface area contributed by atoms with Crippen LogP contribution >= 0.6 is 0 Å². The smallest absolute Gasteiger partial charge is 0.123 e. The van der Waals surface area contributed by atoms with E-state index >= 15 is 0 Å². The maximum absolute atomic E-state index is 13.6. The molecule has 1 aliphatic carbocycles. The van der Waals surface area contributed by atoms with E-state index in [0.29, 0.717) is 16.7 Å². The molecule has 0 radical (unpaired) electrons. The minimum Gasteiger partial charge on any atom is -0.316 e. The summed E-state index contributed by atoms with van der Waals surface area (Å²) < 4.78 is 13.6. The summed E-state index contributed by atoms with van der Waals surface area (Å²) in [5, 5.41) is 3.52. The van der Waals surface area contributed by atoms with Crippen molar-refractivity contribution in [1.82, 2.24) is 5.32 Å². The van der Waals surface area contributed by atoms with Crippen molar-refractivity contribution in [2.45, 2.75) is 51.9 Å². The van der Waals surface area contributed by atoms with E-state index in [-0.39, 0.29) is 5.82 Å². The van der Waals surface area contributed by atoms with Gasteiger partial charge in [-0.2, -0.15) is 0 Å². The molecule has 2 aliphatic rings. The lowest BCUT2D eigenvalue weighted by Gasteiger charge is -2.51. The fourth-order valence-electron chi connectivity index (χ4n) is 4.19. The largest absolute Gasteiger partial charge is 0.316 e. The van der Waals surface area contributed by atoms with Crippen molar-refractivity contribution in [3.8, 4) is 0 Å². The van der Waals surface area contributed by atoms with Crippen LogP contribution in [0, 0.1) is 16.6 Å². The Labute approximate surface area is 122 Å². The molecule has 0 amide bonds. The fraction of sp³-hybridized carbons (Fsp3) is 0.667. The summed E-state index contributed by atoms with van der Waals surface area (Å²) in [6.45, 7) is 6.90. The van der Waals surface area contributed by atoms with Gasteiger partial charge in [0.2, 0.25) is 0 Å². The lowest BCUT2D eigenvalue weighted by atomic mass is 9.56. The molecule has 1 spiro atoms. The Bertz CT molecular complexity index is 470. The van der Waals surface area contributed by atoms with E-state index in [0.717, 1.165) is 13.1 Å². The molecule has 3 rings (SSSR count). The zero-order chi connectivity index (χ0) is 14.2. The Morgan fingerprint density at radius 3 is 2.55 bits per heavy atom. The van der Waals surface area contributed by atoms with Gasteiger partial charge in [0.1, 0.15) is 5.82 Å². The zero-order valence-corrected chi connectivity index (χ0v) is 12.7. The van der Waals surface area contributed by atoms with Crippen LogP contribution in [0.15, 0.2) is 24.3 Å². The van der Waals surface area contributed by atoms with Gasteiger partial charge < -0.3 is 5.32 Å². The summed E-state index contributed by atoms with van der Waals surface area (Å²) in [5.41, 5.74) is 2.08. The van der Waals surface area contributed by atoms with E-state index in [1.54, 1.807) is 12.1 Å². The molecule has 0 aromatic heterocycles. The van der Waals surface area contributed by atoms with Crippen molar-refractivity contribution >= 4 is 0 Å². The average Bonchev–Trinajstić information content (AvgIpc) is 2.43. The molecule has 1 aromatic carbocycles. The van der Waals surface area contributed by atoms with Crippen molar-refractivity contribution < 1.29 is 4.39 Å². The van der Waals surface area contributed by atoms with Crippen LogP contribution in [0.4, 0.5) is 4.39 Å². The lowest BCUT2D eigenvalue weighted by Crippen LogP contribution is -2.46. The molecule has 1 N–H and O–H groups in total. The van der Waals surface area contributed by atoms with Crippen LogP contribution < -0.4 is 5.32 Å². The second-order valence-electron chi connectivity index (χ2n) is 7.59. The van der Waals surface area contributed by atoms with Gasteiger partial charge >= 0.3 is 0 Å². The fourth-order valence-corrected chi connectivity index (χ4v) is 4.19. The third kappa shape index (κ3) is 2.63. The van der Waals surface area contributed by atoms with E-state index < -0.39 is 0 Å². The minimum atomic E-state index is -0.0978. The number of rotatable bonds is 1. The highest BCUT2D eigenvalue weighted by Crippen LogP contribution is 2.54. The molecule has 1 unspecified atom stereocenters. The Morgan fingerprint density at radius 2 is 1.85 bits per heavy atom. The van der Waals surface area contributed by atoms with Crippen LogP contribution in [0.5, 0.6) is 0 Å². The number of halogens is 1. The molecule has 1 saturated heterocycles. The first kappa shape index (κ1) is 14.1. The Hall–Kier alpha value is -0.890. The van der Waals surface area contributed by atoms with Gasteiger partial charge in [0.25, 0.3) is 0 Å². The molecule has 2 fully saturated rings. The lowest BCUT2D eigenvalue weighted by molar-refractivity contribution is 0.0498. The normalized spacial score (nSPS) is 28.4. The van der Waals surface area contributed by atoms with Gasteiger partial charge in [0.05, 0.1) is 0 Å². The quantitative estimate of drug-likeness (QED) is 0.796. The molecule has 1 nitrogen and oxygen atoms in total. The Balaban J connectivity index is 1.88. The standard InChI is InChI=1S/C18H26FN/c1-17(2)6-8-18(9-7-17)10-11-20-13-16(18)14-4-3-5-15(19)12-14/h3-5,12,16,20H,6-11,13H2,1-2H3. The summed E-state index contributed by atoms with van der Waals surface area (Å²) in [4.78, 5) is 0. The summed E-state index contributed by atoms with van der Waals surface area (Å²) >= 11 is 0.